The maximum atomic E-state index is 14.8. The molecule has 0 aliphatic heterocycles. The molecule has 0 spiro atoms. The van der Waals surface area contributed by atoms with E-state index in [2.05, 4.69) is 25.1 Å². The molecule has 0 aliphatic carbocycles. The highest BCUT2D eigenvalue weighted by Crippen LogP contribution is 2.23. The summed E-state index contributed by atoms with van der Waals surface area (Å²) in [4.78, 5) is 26.2. The molecule has 4 heterocycles. The summed E-state index contributed by atoms with van der Waals surface area (Å²) in [5, 5.41) is 8.52. The number of ketones is 1. The molecule has 9 heteroatoms. The molecule has 32 heavy (non-hydrogen) atoms. The van der Waals surface area contributed by atoms with E-state index < -0.39 is 5.82 Å². The highest BCUT2D eigenvalue weighted by molar-refractivity contribution is 6.01. The highest BCUT2D eigenvalue weighted by Gasteiger charge is 2.22. The molecule has 5 aromatic rings. The summed E-state index contributed by atoms with van der Waals surface area (Å²) in [6.45, 7) is 1.88. The molecule has 0 saturated heterocycles. The molecule has 0 saturated carbocycles. The van der Waals surface area contributed by atoms with Crippen molar-refractivity contribution < 1.29 is 9.18 Å². The van der Waals surface area contributed by atoms with E-state index in [0.717, 1.165) is 11.1 Å². The molecule has 0 N–H and O–H groups in total. The number of rotatable bonds is 5. The fraction of sp³-hybridized carbons (Fsp3) is 0.130. The highest BCUT2D eigenvalue weighted by atomic mass is 19.1. The van der Waals surface area contributed by atoms with Gasteiger partial charge >= 0.3 is 0 Å². The van der Waals surface area contributed by atoms with E-state index in [4.69, 9.17) is 0 Å². The lowest BCUT2D eigenvalue weighted by atomic mass is 10.0. The molecular formula is C23H18FN7O. The molecule has 0 fully saturated rings. The van der Waals surface area contributed by atoms with Gasteiger partial charge in [0.25, 0.3) is 0 Å². The first-order chi connectivity index (χ1) is 15.5. The SMILES string of the molecule is Cc1cnc(-c2cnn(C)c2C(=O)Cc2cc3nc(-c4ccccc4)nn3cc2F)nc1. The summed E-state index contributed by atoms with van der Waals surface area (Å²) in [6, 6.07) is 11.0. The smallest absolute Gasteiger partial charge is 0.186 e. The van der Waals surface area contributed by atoms with E-state index >= 15 is 0 Å². The van der Waals surface area contributed by atoms with Gasteiger partial charge in [0.2, 0.25) is 0 Å². The number of aryl methyl sites for hydroxylation is 2. The maximum Gasteiger partial charge on any atom is 0.186 e. The summed E-state index contributed by atoms with van der Waals surface area (Å²) in [5.74, 6) is 0.0488. The van der Waals surface area contributed by atoms with Gasteiger partial charge in [-0.2, -0.15) is 5.10 Å². The summed E-state index contributed by atoms with van der Waals surface area (Å²) < 4.78 is 17.7. The molecule has 5 rings (SSSR count). The second-order valence-corrected chi connectivity index (χ2v) is 7.47. The second kappa shape index (κ2) is 7.77. The van der Waals surface area contributed by atoms with Gasteiger partial charge in [-0.25, -0.2) is 23.9 Å². The molecule has 4 aromatic heterocycles. The molecule has 1 aromatic carbocycles. The van der Waals surface area contributed by atoms with Gasteiger partial charge in [-0.05, 0) is 18.6 Å². The summed E-state index contributed by atoms with van der Waals surface area (Å²) in [5.41, 5.74) is 3.25. The molecule has 8 nitrogen and oxygen atoms in total. The number of fused-ring (bicyclic) bond motifs is 1. The first-order valence-electron chi connectivity index (χ1n) is 9.94. The van der Waals surface area contributed by atoms with Crippen molar-refractivity contribution in [3.05, 3.63) is 83.8 Å². The lowest BCUT2D eigenvalue weighted by Gasteiger charge is -2.06. The maximum absolute atomic E-state index is 14.8. The Balaban J connectivity index is 1.48. The normalized spacial score (nSPS) is 11.2. The number of benzene rings is 1. The zero-order chi connectivity index (χ0) is 22.2. The third kappa shape index (κ3) is 3.53. The third-order valence-electron chi connectivity index (χ3n) is 5.11. The van der Waals surface area contributed by atoms with Crippen LogP contribution >= 0.6 is 0 Å². The standard InChI is InChI=1S/C23H18FN7O/c1-14-10-25-23(26-11-14)17-12-27-30(2)21(17)19(32)8-16-9-20-28-22(15-6-4-3-5-7-15)29-31(20)13-18(16)24/h3-7,9-13H,8H2,1-2H3. The number of carbonyl (C=O) groups excluding carboxylic acids is 1. The minimum Gasteiger partial charge on any atom is -0.292 e. The van der Waals surface area contributed by atoms with E-state index in [1.165, 1.54) is 15.4 Å². The predicted octanol–water partition coefficient (Wildman–Crippen LogP) is 3.46. The van der Waals surface area contributed by atoms with Crippen molar-refractivity contribution in [2.75, 3.05) is 0 Å². The Labute approximate surface area is 182 Å². The quantitative estimate of drug-likeness (QED) is 0.399. The Bertz CT molecular complexity index is 1440. The lowest BCUT2D eigenvalue weighted by molar-refractivity contribution is 0.0983. The van der Waals surface area contributed by atoms with Gasteiger partial charge in [0.15, 0.2) is 23.1 Å². The molecule has 0 bridgehead atoms. The minimum absolute atomic E-state index is 0.158. The number of halogens is 1. The molecule has 0 aliphatic rings. The van der Waals surface area contributed by atoms with Crippen molar-refractivity contribution in [2.45, 2.75) is 13.3 Å². The van der Waals surface area contributed by atoms with E-state index in [9.17, 15) is 9.18 Å². The van der Waals surface area contributed by atoms with E-state index in [0.29, 0.717) is 28.6 Å². The van der Waals surface area contributed by atoms with Crippen LogP contribution in [0.25, 0.3) is 28.4 Å². The van der Waals surface area contributed by atoms with Crippen molar-refractivity contribution >= 4 is 11.4 Å². The lowest BCUT2D eigenvalue weighted by Crippen LogP contribution is -2.13. The molecular weight excluding hydrogens is 409 g/mol. The summed E-state index contributed by atoms with van der Waals surface area (Å²) >= 11 is 0. The predicted molar refractivity (Wildman–Crippen MR) is 115 cm³/mol. The van der Waals surface area contributed by atoms with Crippen LogP contribution in [0.2, 0.25) is 0 Å². The number of nitrogens with zero attached hydrogens (tertiary/aromatic N) is 7. The van der Waals surface area contributed by atoms with E-state index in [1.807, 2.05) is 37.3 Å². The first kappa shape index (κ1) is 19.7. The Hall–Kier alpha value is -4.27. The Morgan fingerprint density at radius 2 is 1.81 bits per heavy atom. The van der Waals surface area contributed by atoms with Crippen LogP contribution < -0.4 is 0 Å². The second-order valence-electron chi connectivity index (χ2n) is 7.47. The Kier molecular flexibility index (Phi) is 4.78. The number of hydrogen-bond acceptors (Lipinski definition) is 6. The van der Waals surface area contributed by atoms with Crippen molar-refractivity contribution in [1.29, 1.82) is 0 Å². The van der Waals surface area contributed by atoms with Crippen LogP contribution in [0.3, 0.4) is 0 Å². The van der Waals surface area contributed by atoms with Crippen LogP contribution in [0.5, 0.6) is 0 Å². The van der Waals surface area contributed by atoms with E-state index in [-0.39, 0.29) is 17.8 Å². The largest absolute Gasteiger partial charge is 0.292 e. The third-order valence-corrected chi connectivity index (χ3v) is 5.11. The van der Waals surface area contributed by atoms with Crippen LogP contribution in [-0.4, -0.2) is 40.1 Å². The van der Waals surface area contributed by atoms with Gasteiger partial charge in [0.05, 0.1) is 18.0 Å². The van der Waals surface area contributed by atoms with Crippen LogP contribution in [-0.2, 0) is 13.5 Å². The number of hydrogen-bond donors (Lipinski definition) is 0. The molecule has 158 valence electrons. The summed E-state index contributed by atoms with van der Waals surface area (Å²) in [7, 11) is 1.66. The van der Waals surface area contributed by atoms with Crippen molar-refractivity contribution in [3.8, 4) is 22.8 Å². The van der Waals surface area contributed by atoms with Crippen LogP contribution in [0.4, 0.5) is 4.39 Å². The molecule has 0 atom stereocenters. The van der Waals surface area contributed by atoms with Gasteiger partial charge in [-0.15, -0.1) is 5.10 Å². The first-order valence-corrected chi connectivity index (χ1v) is 9.94. The number of Topliss-reactive ketones (excluding diaryl/α,β-unsaturated/α-hetero) is 1. The van der Waals surface area contributed by atoms with Crippen LogP contribution in [0.15, 0.2) is 61.2 Å². The minimum atomic E-state index is -0.536. The van der Waals surface area contributed by atoms with Crippen molar-refractivity contribution in [1.82, 2.24) is 34.3 Å². The number of pyridine rings is 1. The number of aromatic nitrogens is 7. The van der Waals surface area contributed by atoms with Gasteiger partial charge in [-0.1, -0.05) is 30.3 Å². The zero-order valence-corrected chi connectivity index (χ0v) is 17.4. The van der Waals surface area contributed by atoms with Gasteiger partial charge in [-0.3, -0.25) is 9.48 Å². The van der Waals surface area contributed by atoms with Gasteiger partial charge in [0.1, 0.15) is 11.5 Å². The Morgan fingerprint density at radius 3 is 2.56 bits per heavy atom. The monoisotopic (exact) mass is 427 g/mol. The van der Waals surface area contributed by atoms with Crippen LogP contribution in [0, 0.1) is 12.7 Å². The van der Waals surface area contributed by atoms with Gasteiger partial charge in [0, 0.05) is 37.0 Å². The molecule has 0 unspecified atom stereocenters. The fourth-order valence-electron chi connectivity index (χ4n) is 3.51. The van der Waals surface area contributed by atoms with Crippen molar-refractivity contribution in [2.24, 2.45) is 7.05 Å². The van der Waals surface area contributed by atoms with Crippen molar-refractivity contribution in [3.63, 3.8) is 0 Å². The van der Waals surface area contributed by atoms with E-state index in [1.54, 1.807) is 31.7 Å². The fourth-order valence-corrected chi connectivity index (χ4v) is 3.51. The zero-order valence-electron chi connectivity index (χ0n) is 17.4. The molecule has 0 amide bonds. The topological polar surface area (TPSA) is 90.9 Å². The molecule has 0 radical (unpaired) electrons. The number of carbonyl (C=O) groups is 1. The summed E-state index contributed by atoms with van der Waals surface area (Å²) in [6.07, 6.45) is 5.97. The average molecular weight is 427 g/mol. The van der Waals surface area contributed by atoms with Gasteiger partial charge < -0.3 is 0 Å². The van der Waals surface area contributed by atoms with Crippen LogP contribution in [0.1, 0.15) is 21.6 Å². The Morgan fingerprint density at radius 1 is 1.06 bits per heavy atom. The average Bonchev–Trinajstić information content (AvgIpc) is 3.38.